The Morgan fingerprint density at radius 2 is 1.86 bits per heavy atom. The summed E-state index contributed by atoms with van der Waals surface area (Å²) in [5.74, 6) is 0.244. The quantitative estimate of drug-likeness (QED) is 0.607. The van der Waals surface area contributed by atoms with Crippen LogP contribution in [-0.2, 0) is 14.8 Å². The van der Waals surface area contributed by atoms with Crippen molar-refractivity contribution in [1.29, 1.82) is 0 Å². The monoisotopic (exact) mass is 468 g/mol. The zero-order valence-corrected chi connectivity index (χ0v) is 18.6. The van der Waals surface area contributed by atoms with Gasteiger partial charge in [0.2, 0.25) is 15.9 Å². The van der Waals surface area contributed by atoms with Crippen LogP contribution in [0.3, 0.4) is 0 Å². The van der Waals surface area contributed by atoms with Crippen LogP contribution in [0.5, 0.6) is 5.75 Å². The molecule has 1 N–H and O–H groups in total. The lowest BCUT2D eigenvalue weighted by atomic mass is 10.1. The molecule has 0 heterocycles. The molecule has 0 bridgehead atoms. The maximum atomic E-state index is 12.9. The largest absolute Gasteiger partial charge is 0.494 e. The molecule has 0 unspecified atom stereocenters. The first-order valence-electron chi connectivity index (χ1n) is 9.05. The number of nitrogens with one attached hydrogen (secondary N) is 1. The molecule has 6 nitrogen and oxygen atoms in total. The maximum Gasteiger partial charge on any atom is 0.243 e. The molecule has 1 amide bonds. The summed E-state index contributed by atoms with van der Waals surface area (Å²) in [7, 11) is -3.78. The average Bonchev–Trinajstić information content (AvgIpc) is 2.66. The lowest BCUT2D eigenvalue weighted by Gasteiger charge is -2.22. The van der Waals surface area contributed by atoms with E-state index in [9.17, 15) is 13.2 Å². The second kappa shape index (κ2) is 10.0. The summed E-state index contributed by atoms with van der Waals surface area (Å²) in [6, 6.07) is 13.6. The molecule has 0 fully saturated rings. The molecule has 0 aliphatic heterocycles. The van der Waals surface area contributed by atoms with E-state index in [4.69, 9.17) is 4.74 Å². The van der Waals surface area contributed by atoms with E-state index in [0.717, 1.165) is 14.3 Å². The van der Waals surface area contributed by atoms with Gasteiger partial charge in [-0.25, -0.2) is 8.42 Å². The zero-order valence-electron chi connectivity index (χ0n) is 16.2. The van der Waals surface area contributed by atoms with Crippen LogP contribution in [0.2, 0.25) is 0 Å². The minimum Gasteiger partial charge on any atom is -0.494 e. The van der Waals surface area contributed by atoms with E-state index in [1.54, 1.807) is 19.1 Å². The van der Waals surface area contributed by atoms with Gasteiger partial charge in [0.15, 0.2) is 0 Å². The topological polar surface area (TPSA) is 75.7 Å². The highest BCUT2D eigenvalue weighted by Gasteiger charge is 2.25. The number of hydrogen-bond acceptors (Lipinski definition) is 4. The Labute approximate surface area is 175 Å². The third kappa shape index (κ3) is 5.80. The summed E-state index contributed by atoms with van der Waals surface area (Å²) in [4.78, 5) is 12.6. The van der Waals surface area contributed by atoms with E-state index < -0.39 is 10.0 Å². The molecule has 0 spiro atoms. The van der Waals surface area contributed by atoms with Crippen LogP contribution in [-0.4, -0.2) is 38.3 Å². The predicted octanol–water partition coefficient (Wildman–Crippen LogP) is 3.74. The Hall–Kier alpha value is -1.90. The van der Waals surface area contributed by atoms with Crippen LogP contribution >= 0.6 is 15.9 Å². The third-order valence-electron chi connectivity index (χ3n) is 4.17. The Bertz CT molecular complexity index is 901. The average molecular weight is 469 g/mol. The number of sulfonamides is 1. The number of nitrogens with zero attached hydrogens (tertiary/aromatic N) is 1. The fraction of sp³-hybridized carbons (Fsp3) is 0.350. The van der Waals surface area contributed by atoms with Crippen molar-refractivity contribution < 1.29 is 17.9 Å². The summed E-state index contributed by atoms with van der Waals surface area (Å²) < 4.78 is 33.2. The Morgan fingerprint density at radius 1 is 1.18 bits per heavy atom. The molecule has 8 heteroatoms. The standard InChI is InChI=1S/C20H25BrN2O4S/c1-4-23(28(25,26)19-11-9-18(10-12-19)27-5-2)14-20(24)22-15(3)16-7-6-8-17(21)13-16/h6-13,15H,4-5,14H2,1-3H3,(H,22,24)/t15-/m0/s1. The van der Waals surface area contributed by atoms with E-state index in [0.29, 0.717) is 12.4 Å². The molecular weight excluding hydrogens is 444 g/mol. The molecule has 2 aromatic carbocycles. The van der Waals surface area contributed by atoms with Gasteiger partial charge < -0.3 is 10.1 Å². The van der Waals surface area contributed by atoms with Crippen molar-refractivity contribution in [2.45, 2.75) is 31.7 Å². The molecule has 0 aromatic heterocycles. The number of likely N-dealkylation sites (N-methyl/N-ethyl adjacent to an activating group) is 1. The molecule has 2 rings (SSSR count). The Balaban J connectivity index is 2.08. The van der Waals surface area contributed by atoms with Crippen LogP contribution in [0.25, 0.3) is 0 Å². The highest BCUT2D eigenvalue weighted by atomic mass is 79.9. The summed E-state index contributed by atoms with van der Waals surface area (Å²) in [5, 5.41) is 2.85. The molecular formula is C20H25BrN2O4S. The molecule has 0 radical (unpaired) electrons. The van der Waals surface area contributed by atoms with Crippen LogP contribution in [0, 0.1) is 0 Å². The second-order valence-corrected chi connectivity index (χ2v) is 9.03. The first kappa shape index (κ1) is 22.4. The van der Waals surface area contributed by atoms with Crippen LogP contribution in [0.4, 0.5) is 0 Å². The summed E-state index contributed by atoms with van der Waals surface area (Å²) in [6.45, 7) is 5.87. The maximum absolute atomic E-state index is 12.9. The summed E-state index contributed by atoms with van der Waals surface area (Å²) in [5.41, 5.74) is 0.931. The molecule has 2 aromatic rings. The van der Waals surface area contributed by atoms with Crippen molar-refractivity contribution in [1.82, 2.24) is 9.62 Å². The third-order valence-corrected chi connectivity index (χ3v) is 6.60. The smallest absolute Gasteiger partial charge is 0.243 e. The molecule has 152 valence electrons. The van der Waals surface area contributed by atoms with Gasteiger partial charge in [-0.2, -0.15) is 4.31 Å². The summed E-state index contributed by atoms with van der Waals surface area (Å²) >= 11 is 3.41. The number of benzene rings is 2. The molecule has 1 atom stereocenters. The number of hydrogen-bond donors (Lipinski definition) is 1. The Morgan fingerprint density at radius 3 is 2.43 bits per heavy atom. The van der Waals surface area contributed by atoms with Gasteiger partial charge in [-0.05, 0) is 55.8 Å². The first-order chi connectivity index (χ1) is 13.3. The second-order valence-electron chi connectivity index (χ2n) is 6.18. The Kier molecular flexibility index (Phi) is 8.03. The normalized spacial score (nSPS) is 12.6. The van der Waals surface area contributed by atoms with Crippen molar-refractivity contribution in [3.8, 4) is 5.75 Å². The highest BCUT2D eigenvalue weighted by molar-refractivity contribution is 9.10. The fourth-order valence-corrected chi connectivity index (χ4v) is 4.52. The van der Waals surface area contributed by atoms with Gasteiger partial charge >= 0.3 is 0 Å². The van der Waals surface area contributed by atoms with E-state index >= 15 is 0 Å². The number of carbonyl (C=O) groups is 1. The van der Waals surface area contributed by atoms with E-state index in [1.807, 2.05) is 38.1 Å². The lowest BCUT2D eigenvalue weighted by molar-refractivity contribution is -0.121. The number of amides is 1. The van der Waals surface area contributed by atoms with E-state index in [1.165, 1.54) is 12.1 Å². The minimum absolute atomic E-state index is 0.130. The fourth-order valence-electron chi connectivity index (χ4n) is 2.70. The molecule has 0 saturated heterocycles. The van der Waals surface area contributed by atoms with Gasteiger partial charge in [0, 0.05) is 11.0 Å². The first-order valence-corrected chi connectivity index (χ1v) is 11.3. The minimum atomic E-state index is -3.78. The molecule has 0 saturated carbocycles. The van der Waals surface area contributed by atoms with Gasteiger partial charge in [-0.15, -0.1) is 0 Å². The van der Waals surface area contributed by atoms with Crippen molar-refractivity contribution in [3.63, 3.8) is 0 Å². The molecule has 0 aliphatic rings. The van der Waals surface area contributed by atoms with Gasteiger partial charge in [0.05, 0.1) is 24.1 Å². The number of ether oxygens (including phenoxy) is 1. The van der Waals surface area contributed by atoms with Crippen molar-refractivity contribution in [2.24, 2.45) is 0 Å². The SMILES string of the molecule is CCOc1ccc(S(=O)(=O)N(CC)CC(=O)N[C@@H](C)c2cccc(Br)c2)cc1. The predicted molar refractivity (Wildman–Crippen MR) is 113 cm³/mol. The van der Waals surface area contributed by atoms with Crippen LogP contribution < -0.4 is 10.1 Å². The van der Waals surface area contributed by atoms with Crippen LogP contribution in [0.15, 0.2) is 57.9 Å². The number of rotatable bonds is 9. The van der Waals surface area contributed by atoms with Gasteiger partial charge in [-0.3, -0.25) is 4.79 Å². The molecule has 28 heavy (non-hydrogen) atoms. The van der Waals surface area contributed by atoms with Crippen molar-refractivity contribution in [2.75, 3.05) is 19.7 Å². The number of carbonyl (C=O) groups excluding carboxylic acids is 1. The number of halogens is 1. The van der Waals surface area contributed by atoms with Crippen molar-refractivity contribution in [3.05, 3.63) is 58.6 Å². The molecule has 0 aliphatic carbocycles. The lowest BCUT2D eigenvalue weighted by Crippen LogP contribution is -2.41. The van der Waals surface area contributed by atoms with Crippen LogP contribution in [0.1, 0.15) is 32.4 Å². The summed E-state index contributed by atoms with van der Waals surface area (Å²) in [6.07, 6.45) is 0. The van der Waals surface area contributed by atoms with Gasteiger partial charge in [0.25, 0.3) is 0 Å². The zero-order chi connectivity index (χ0) is 20.7. The van der Waals surface area contributed by atoms with E-state index in [-0.39, 0.29) is 29.9 Å². The highest BCUT2D eigenvalue weighted by Crippen LogP contribution is 2.20. The van der Waals surface area contributed by atoms with E-state index in [2.05, 4.69) is 21.2 Å². The van der Waals surface area contributed by atoms with Gasteiger partial charge in [0.1, 0.15) is 5.75 Å². The van der Waals surface area contributed by atoms with Gasteiger partial charge in [-0.1, -0.05) is 35.0 Å². The van der Waals surface area contributed by atoms with Crippen molar-refractivity contribution >= 4 is 31.9 Å².